The Bertz CT molecular complexity index is 906. The molecule has 2 aromatic heterocycles. The van der Waals surface area contributed by atoms with E-state index in [1.165, 1.54) is 0 Å². The van der Waals surface area contributed by atoms with Crippen molar-refractivity contribution in [2.75, 3.05) is 13.7 Å². The van der Waals surface area contributed by atoms with Crippen molar-refractivity contribution in [1.82, 2.24) is 25.2 Å². The molecule has 8 nitrogen and oxygen atoms in total. The molecule has 0 fully saturated rings. The summed E-state index contributed by atoms with van der Waals surface area (Å²) in [5.41, 5.74) is 1.49. The van der Waals surface area contributed by atoms with Gasteiger partial charge in [0.15, 0.2) is 17.4 Å². The minimum absolute atomic E-state index is 0.189. The van der Waals surface area contributed by atoms with E-state index in [1.807, 2.05) is 35.7 Å². The maximum Gasteiger partial charge on any atom is 0.191 e. The summed E-state index contributed by atoms with van der Waals surface area (Å²) in [6.07, 6.45) is 1.92. The summed E-state index contributed by atoms with van der Waals surface area (Å²) in [5.74, 6) is 2.28. The maximum absolute atomic E-state index is 9.98. The molecule has 0 spiro atoms. The number of aromatic nitrogens is 3. The molecular weight excluding hydrogens is 332 g/mol. The van der Waals surface area contributed by atoms with Gasteiger partial charge in [0, 0.05) is 18.3 Å². The molecule has 8 heteroatoms. The maximum atomic E-state index is 9.98. The number of nitrogens with one attached hydrogen (secondary N) is 2. The highest BCUT2D eigenvalue weighted by atomic mass is 16.5. The summed E-state index contributed by atoms with van der Waals surface area (Å²) < 4.78 is 7.11. The number of hydrogen-bond donors (Lipinski definition) is 3. The summed E-state index contributed by atoms with van der Waals surface area (Å²) >= 11 is 0. The number of methoxy groups -OCH3 is 1. The van der Waals surface area contributed by atoms with Crippen molar-refractivity contribution in [3.05, 3.63) is 54.0 Å². The Hall–Kier alpha value is -3.29. The quantitative estimate of drug-likeness (QED) is 0.461. The number of ether oxygens (including phenoxy) is 1. The van der Waals surface area contributed by atoms with Crippen LogP contribution in [0.25, 0.3) is 5.65 Å². The number of phenols is 1. The summed E-state index contributed by atoms with van der Waals surface area (Å²) in [7, 11) is 1.59. The predicted molar refractivity (Wildman–Crippen MR) is 99.3 cm³/mol. The zero-order valence-corrected chi connectivity index (χ0v) is 14.8. The molecular formula is C18H22N6O2. The first-order valence-corrected chi connectivity index (χ1v) is 8.38. The lowest BCUT2D eigenvalue weighted by molar-refractivity contribution is 0.411. The van der Waals surface area contributed by atoms with Gasteiger partial charge in [-0.1, -0.05) is 6.07 Å². The standard InChI is InChI=1S/C18H22N6O2/c1-3-19-18(20-11-13-10-14(26-2)7-8-15(13)25)21-12-17-23-22-16-6-4-5-9-24(16)17/h4-10,25H,3,11-12H2,1-2H3,(H2,19,20,21). The Balaban J connectivity index is 1.71. The molecule has 2 heterocycles. The molecule has 0 bridgehead atoms. The number of benzene rings is 1. The summed E-state index contributed by atoms with van der Waals surface area (Å²) in [5, 5.41) is 24.7. The van der Waals surface area contributed by atoms with Gasteiger partial charge in [-0.3, -0.25) is 4.40 Å². The van der Waals surface area contributed by atoms with Gasteiger partial charge in [-0.15, -0.1) is 10.2 Å². The number of hydrogen-bond acceptors (Lipinski definition) is 5. The average molecular weight is 354 g/mol. The number of aromatic hydroxyl groups is 1. The fourth-order valence-electron chi connectivity index (χ4n) is 2.50. The first-order chi connectivity index (χ1) is 12.7. The number of pyridine rings is 1. The number of rotatable bonds is 6. The van der Waals surface area contributed by atoms with Gasteiger partial charge in [-0.2, -0.15) is 0 Å². The fourth-order valence-corrected chi connectivity index (χ4v) is 2.50. The summed E-state index contributed by atoms with van der Waals surface area (Å²) in [4.78, 5) is 4.52. The third kappa shape index (κ3) is 4.02. The van der Waals surface area contributed by atoms with Crippen LogP contribution in [0.5, 0.6) is 11.5 Å². The average Bonchev–Trinajstić information content (AvgIpc) is 3.08. The molecule has 0 saturated heterocycles. The van der Waals surface area contributed by atoms with Crippen LogP contribution in [0.3, 0.4) is 0 Å². The highest BCUT2D eigenvalue weighted by Gasteiger charge is 2.07. The van der Waals surface area contributed by atoms with Crippen molar-refractivity contribution < 1.29 is 9.84 Å². The molecule has 0 unspecified atom stereocenters. The molecule has 26 heavy (non-hydrogen) atoms. The lowest BCUT2D eigenvalue weighted by Gasteiger charge is -2.11. The molecule has 1 aromatic carbocycles. The van der Waals surface area contributed by atoms with Crippen LogP contribution in [0.2, 0.25) is 0 Å². The second-order valence-corrected chi connectivity index (χ2v) is 5.59. The number of nitrogens with zero attached hydrogens (tertiary/aromatic N) is 4. The van der Waals surface area contributed by atoms with Crippen LogP contribution in [0.4, 0.5) is 0 Å². The van der Waals surface area contributed by atoms with E-state index in [4.69, 9.17) is 4.74 Å². The third-order valence-corrected chi connectivity index (χ3v) is 3.84. The van der Waals surface area contributed by atoms with E-state index in [9.17, 15) is 5.11 Å². The van der Waals surface area contributed by atoms with Crippen molar-refractivity contribution in [2.24, 2.45) is 4.99 Å². The zero-order valence-electron chi connectivity index (χ0n) is 14.8. The Kier molecular flexibility index (Phi) is 5.52. The van der Waals surface area contributed by atoms with Crippen molar-refractivity contribution in [1.29, 1.82) is 0 Å². The Morgan fingerprint density at radius 2 is 2.12 bits per heavy atom. The van der Waals surface area contributed by atoms with Crippen LogP contribution in [-0.2, 0) is 13.1 Å². The van der Waals surface area contributed by atoms with E-state index in [0.717, 1.165) is 18.0 Å². The SMILES string of the molecule is CCNC(=NCc1cc(OC)ccc1O)NCc1nnc2ccccn12. The molecule has 0 amide bonds. The van der Waals surface area contributed by atoms with E-state index >= 15 is 0 Å². The van der Waals surface area contributed by atoms with E-state index in [0.29, 0.717) is 30.4 Å². The van der Waals surface area contributed by atoms with E-state index in [2.05, 4.69) is 25.8 Å². The van der Waals surface area contributed by atoms with Gasteiger partial charge in [0.2, 0.25) is 0 Å². The number of phenolic OH excluding ortho intramolecular Hbond substituents is 1. The monoisotopic (exact) mass is 354 g/mol. The minimum atomic E-state index is 0.189. The molecule has 136 valence electrons. The highest BCUT2D eigenvalue weighted by Crippen LogP contribution is 2.23. The van der Waals surface area contributed by atoms with Crippen LogP contribution in [-0.4, -0.2) is 39.3 Å². The second-order valence-electron chi connectivity index (χ2n) is 5.59. The van der Waals surface area contributed by atoms with E-state index < -0.39 is 0 Å². The lowest BCUT2D eigenvalue weighted by Crippen LogP contribution is -2.37. The predicted octanol–water partition coefficient (Wildman–Crippen LogP) is 1.70. The Morgan fingerprint density at radius 1 is 1.23 bits per heavy atom. The lowest BCUT2D eigenvalue weighted by atomic mass is 10.2. The number of guanidine groups is 1. The molecule has 0 aliphatic rings. The molecule has 3 aromatic rings. The van der Waals surface area contributed by atoms with Crippen LogP contribution in [0.15, 0.2) is 47.6 Å². The van der Waals surface area contributed by atoms with Gasteiger partial charge < -0.3 is 20.5 Å². The highest BCUT2D eigenvalue weighted by molar-refractivity contribution is 5.79. The molecule has 3 rings (SSSR count). The molecule has 0 aliphatic heterocycles. The number of fused-ring (bicyclic) bond motifs is 1. The first-order valence-electron chi connectivity index (χ1n) is 8.38. The molecule has 0 saturated carbocycles. The van der Waals surface area contributed by atoms with Crippen LogP contribution in [0, 0.1) is 0 Å². The van der Waals surface area contributed by atoms with Gasteiger partial charge in [0.25, 0.3) is 0 Å². The fraction of sp³-hybridized carbons (Fsp3) is 0.278. The zero-order chi connectivity index (χ0) is 18.4. The summed E-state index contributed by atoms with van der Waals surface area (Å²) in [6.45, 7) is 3.50. The Morgan fingerprint density at radius 3 is 2.92 bits per heavy atom. The topological polar surface area (TPSA) is 96.1 Å². The van der Waals surface area contributed by atoms with Gasteiger partial charge >= 0.3 is 0 Å². The van der Waals surface area contributed by atoms with Crippen molar-refractivity contribution >= 4 is 11.6 Å². The van der Waals surface area contributed by atoms with Crippen molar-refractivity contribution in [2.45, 2.75) is 20.0 Å². The van der Waals surface area contributed by atoms with Crippen LogP contribution >= 0.6 is 0 Å². The minimum Gasteiger partial charge on any atom is -0.508 e. The van der Waals surface area contributed by atoms with Gasteiger partial charge in [0.1, 0.15) is 11.5 Å². The van der Waals surface area contributed by atoms with Crippen molar-refractivity contribution in [3.63, 3.8) is 0 Å². The number of aliphatic imine (C=N–C) groups is 1. The normalized spacial score (nSPS) is 11.5. The Labute approximate surface area is 151 Å². The summed E-state index contributed by atoms with van der Waals surface area (Å²) in [6, 6.07) is 10.8. The van der Waals surface area contributed by atoms with Gasteiger partial charge in [0.05, 0.1) is 20.2 Å². The van der Waals surface area contributed by atoms with Crippen LogP contribution < -0.4 is 15.4 Å². The molecule has 3 N–H and O–H groups in total. The van der Waals surface area contributed by atoms with Crippen LogP contribution in [0.1, 0.15) is 18.3 Å². The second kappa shape index (κ2) is 8.19. The first kappa shape index (κ1) is 17.5. The largest absolute Gasteiger partial charge is 0.508 e. The van der Waals surface area contributed by atoms with E-state index in [1.54, 1.807) is 25.3 Å². The molecule has 0 aliphatic carbocycles. The third-order valence-electron chi connectivity index (χ3n) is 3.84. The smallest absolute Gasteiger partial charge is 0.191 e. The van der Waals surface area contributed by atoms with Crippen molar-refractivity contribution in [3.8, 4) is 11.5 Å². The molecule has 0 radical (unpaired) electrons. The van der Waals surface area contributed by atoms with Gasteiger partial charge in [-0.25, -0.2) is 4.99 Å². The van der Waals surface area contributed by atoms with E-state index in [-0.39, 0.29) is 5.75 Å². The molecule has 0 atom stereocenters. The van der Waals surface area contributed by atoms with Gasteiger partial charge in [-0.05, 0) is 37.3 Å².